The normalized spacial score (nSPS) is 52.4. The molecule has 5 aliphatic carbocycles. The van der Waals surface area contributed by atoms with Crippen molar-refractivity contribution in [1.29, 1.82) is 0 Å². The number of rotatable bonds is 1. The van der Waals surface area contributed by atoms with Crippen LogP contribution in [0.5, 0.6) is 0 Å². The molecule has 0 aromatic carbocycles. The number of hydrogen-bond acceptors (Lipinski definition) is 2. The molecule has 6 fully saturated rings. The Morgan fingerprint density at radius 1 is 0.818 bits per heavy atom. The monoisotopic (exact) mass is 453 g/mol. The Kier molecular flexibility index (Phi) is 5.61. The van der Waals surface area contributed by atoms with Gasteiger partial charge in [0.2, 0.25) is 0 Å². The van der Waals surface area contributed by atoms with E-state index in [2.05, 4.69) is 46.1 Å². The van der Waals surface area contributed by atoms with E-state index in [-0.39, 0.29) is 5.41 Å². The van der Waals surface area contributed by atoms with Crippen LogP contribution in [0.4, 0.5) is 0 Å². The highest BCUT2D eigenvalue weighted by Gasteiger charge is 2.70. The molecule has 0 radical (unpaired) electrons. The molecule has 186 valence electrons. The Hall–Kier alpha value is -0.630. The summed E-state index contributed by atoms with van der Waals surface area (Å²) in [6.07, 6.45) is 16.7. The van der Waals surface area contributed by atoms with Gasteiger partial charge in [-0.3, -0.25) is 9.69 Å². The topological polar surface area (TPSA) is 20.1 Å². The van der Waals surface area contributed by atoms with Gasteiger partial charge in [-0.1, -0.05) is 47.1 Å². The lowest BCUT2D eigenvalue weighted by molar-refractivity contribution is -0.229. The Morgan fingerprint density at radius 3 is 2.18 bits per heavy atom. The average molecular weight is 454 g/mol. The van der Waals surface area contributed by atoms with E-state index in [1.54, 1.807) is 6.08 Å². The van der Waals surface area contributed by atoms with Crippen molar-refractivity contribution >= 4 is 5.78 Å². The molecule has 1 saturated heterocycles. The summed E-state index contributed by atoms with van der Waals surface area (Å²) in [7, 11) is 0. The SMILES string of the molecule is C=CC.CC1(C)C(=O)CCC2(C)C1CCC1(C)C2CCC2[C@H]3CCCC3(N3CC3)CC[C@]21C. The van der Waals surface area contributed by atoms with Crippen molar-refractivity contribution in [3.63, 3.8) is 0 Å². The highest BCUT2D eigenvalue weighted by molar-refractivity contribution is 5.85. The Labute approximate surface area is 204 Å². The molecule has 8 atom stereocenters. The molecule has 0 bridgehead atoms. The summed E-state index contributed by atoms with van der Waals surface area (Å²) in [4.78, 5) is 15.8. The summed E-state index contributed by atoms with van der Waals surface area (Å²) >= 11 is 0. The van der Waals surface area contributed by atoms with Crippen LogP contribution in [0.2, 0.25) is 0 Å². The van der Waals surface area contributed by atoms with Gasteiger partial charge in [-0.25, -0.2) is 0 Å². The van der Waals surface area contributed by atoms with Crippen LogP contribution in [0.1, 0.15) is 112 Å². The fourth-order valence-electron chi connectivity index (χ4n) is 11.4. The second-order valence-electron chi connectivity index (χ2n) is 14.3. The zero-order valence-electron chi connectivity index (χ0n) is 22.6. The lowest BCUT2D eigenvalue weighted by Gasteiger charge is -2.72. The Morgan fingerprint density at radius 2 is 1.52 bits per heavy atom. The van der Waals surface area contributed by atoms with Crippen LogP contribution in [-0.2, 0) is 4.79 Å². The number of fused-ring (bicyclic) bond motifs is 7. The van der Waals surface area contributed by atoms with Crippen LogP contribution in [0, 0.1) is 45.3 Å². The molecule has 1 aliphatic heterocycles. The first-order valence-corrected chi connectivity index (χ1v) is 14.4. The maximum absolute atomic E-state index is 12.9. The minimum absolute atomic E-state index is 0.113. The van der Waals surface area contributed by atoms with Gasteiger partial charge in [-0.05, 0) is 105 Å². The van der Waals surface area contributed by atoms with Gasteiger partial charge in [0.15, 0.2) is 0 Å². The fraction of sp³-hybridized carbons (Fsp3) is 0.903. The first kappa shape index (κ1) is 24.1. The number of carbonyl (C=O) groups is 1. The van der Waals surface area contributed by atoms with Gasteiger partial charge >= 0.3 is 0 Å². The van der Waals surface area contributed by atoms with Crippen LogP contribution in [0.25, 0.3) is 0 Å². The molecular formula is C31H51NO. The molecule has 0 N–H and O–H groups in total. The summed E-state index contributed by atoms with van der Waals surface area (Å²) in [5.74, 6) is 3.85. The second kappa shape index (κ2) is 7.68. The van der Waals surface area contributed by atoms with Crippen molar-refractivity contribution in [2.75, 3.05) is 13.1 Å². The van der Waals surface area contributed by atoms with Crippen LogP contribution in [0.3, 0.4) is 0 Å². The number of Topliss-reactive ketones (excluding diaryl/α,β-unsaturated/α-hetero) is 1. The highest BCUT2D eigenvalue weighted by Crippen LogP contribution is 2.76. The minimum Gasteiger partial charge on any atom is -0.299 e. The zero-order valence-corrected chi connectivity index (χ0v) is 22.6. The standard InChI is InChI=1S/C28H45NO.C3H6/c1-24(2)21-10-14-27(5)22(25(21,3)13-11-23(24)30)9-8-19-20-7-6-12-28(20,29-17-18-29)16-15-26(19,27)4;1-3-2/h19-22H,6-18H2,1-5H3;3H,1H2,2H3/t19?,20-,21?,22?,25?,26-,27?,28?;/m1./s1. The van der Waals surface area contributed by atoms with Gasteiger partial charge in [0.25, 0.3) is 0 Å². The number of nitrogens with zero attached hydrogens (tertiary/aromatic N) is 1. The summed E-state index contributed by atoms with van der Waals surface area (Å²) in [5, 5.41) is 0. The average Bonchev–Trinajstić information content (AvgIpc) is 3.52. The number of allylic oxidation sites excluding steroid dienone is 1. The van der Waals surface area contributed by atoms with Crippen molar-refractivity contribution in [3.8, 4) is 0 Å². The van der Waals surface area contributed by atoms with Crippen LogP contribution >= 0.6 is 0 Å². The fourth-order valence-corrected chi connectivity index (χ4v) is 11.4. The van der Waals surface area contributed by atoms with E-state index in [0.29, 0.717) is 33.5 Å². The molecular weight excluding hydrogens is 402 g/mol. The summed E-state index contributed by atoms with van der Waals surface area (Å²) in [5.41, 5.74) is 1.81. The summed E-state index contributed by atoms with van der Waals surface area (Å²) < 4.78 is 0. The molecule has 0 aromatic rings. The second-order valence-corrected chi connectivity index (χ2v) is 14.3. The first-order valence-electron chi connectivity index (χ1n) is 14.4. The van der Waals surface area contributed by atoms with Crippen molar-refractivity contribution < 1.29 is 4.79 Å². The third kappa shape index (κ3) is 3.04. The Balaban J connectivity index is 0.000000724. The first-order chi connectivity index (χ1) is 15.5. The molecule has 6 rings (SSSR count). The predicted molar refractivity (Wildman–Crippen MR) is 138 cm³/mol. The smallest absolute Gasteiger partial charge is 0.138 e. The zero-order chi connectivity index (χ0) is 23.9. The van der Waals surface area contributed by atoms with E-state index in [0.717, 1.165) is 30.6 Å². The van der Waals surface area contributed by atoms with Crippen LogP contribution < -0.4 is 0 Å². The summed E-state index contributed by atoms with van der Waals surface area (Å²) in [6, 6.07) is 0. The third-order valence-corrected chi connectivity index (χ3v) is 13.1. The largest absolute Gasteiger partial charge is 0.299 e. The molecule has 0 amide bonds. The van der Waals surface area contributed by atoms with E-state index >= 15 is 0 Å². The molecule has 0 aromatic heterocycles. The van der Waals surface area contributed by atoms with Crippen molar-refractivity contribution in [2.24, 2.45) is 45.3 Å². The van der Waals surface area contributed by atoms with E-state index in [9.17, 15) is 4.79 Å². The molecule has 6 unspecified atom stereocenters. The third-order valence-electron chi connectivity index (χ3n) is 13.1. The number of ketones is 1. The lowest BCUT2D eigenvalue weighted by Crippen LogP contribution is -2.67. The van der Waals surface area contributed by atoms with Gasteiger partial charge in [0.05, 0.1) is 0 Å². The van der Waals surface area contributed by atoms with Gasteiger partial charge in [-0.15, -0.1) is 6.58 Å². The van der Waals surface area contributed by atoms with Crippen molar-refractivity contribution in [2.45, 2.75) is 118 Å². The quantitative estimate of drug-likeness (QED) is 0.300. The molecule has 2 nitrogen and oxygen atoms in total. The molecule has 5 saturated carbocycles. The lowest BCUT2D eigenvalue weighted by atomic mass is 9.33. The number of hydrogen-bond donors (Lipinski definition) is 0. The van der Waals surface area contributed by atoms with Gasteiger partial charge < -0.3 is 0 Å². The van der Waals surface area contributed by atoms with Crippen molar-refractivity contribution in [1.82, 2.24) is 4.90 Å². The maximum atomic E-state index is 12.9. The Bertz CT molecular complexity index is 812. The molecule has 33 heavy (non-hydrogen) atoms. The van der Waals surface area contributed by atoms with Gasteiger partial charge in [0, 0.05) is 30.5 Å². The molecule has 6 aliphatic rings. The van der Waals surface area contributed by atoms with E-state index in [4.69, 9.17) is 0 Å². The maximum Gasteiger partial charge on any atom is 0.138 e. The molecule has 1 heterocycles. The van der Waals surface area contributed by atoms with Crippen LogP contribution in [0.15, 0.2) is 12.7 Å². The van der Waals surface area contributed by atoms with Crippen molar-refractivity contribution in [3.05, 3.63) is 12.7 Å². The van der Waals surface area contributed by atoms with E-state index in [1.165, 1.54) is 70.9 Å². The minimum atomic E-state index is -0.113. The van der Waals surface area contributed by atoms with Gasteiger partial charge in [0.1, 0.15) is 5.78 Å². The van der Waals surface area contributed by atoms with Crippen LogP contribution in [-0.4, -0.2) is 29.3 Å². The van der Waals surface area contributed by atoms with E-state index in [1.807, 2.05) is 6.92 Å². The molecule has 0 spiro atoms. The van der Waals surface area contributed by atoms with Gasteiger partial charge in [-0.2, -0.15) is 0 Å². The molecule has 2 heteroatoms. The summed E-state index contributed by atoms with van der Waals surface area (Å²) in [6.45, 7) is 20.7. The predicted octanol–water partition coefficient (Wildman–Crippen LogP) is 7.67. The highest BCUT2D eigenvalue weighted by atomic mass is 16.1. The number of carbonyl (C=O) groups excluding carboxylic acids is 1. The van der Waals surface area contributed by atoms with E-state index < -0.39 is 0 Å².